The SMILES string of the molecule is Cc1cc(NCCCOCC2CCCO2)c(C#N)c(C)n1. The van der Waals surface area contributed by atoms with Crippen molar-refractivity contribution in [2.45, 2.75) is 39.2 Å². The zero-order chi connectivity index (χ0) is 15.1. The maximum Gasteiger partial charge on any atom is 0.103 e. The molecule has 0 bridgehead atoms. The highest BCUT2D eigenvalue weighted by atomic mass is 16.5. The maximum atomic E-state index is 9.18. The van der Waals surface area contributed by atoms with Crippen molar-refractivity contribution in [3.05, 3.63) is 23.0 Å². The van der Waals surface area contributed by atoms with Crippen molar-refractivity contribution in [1.29, 1.82) is 5.26 Å². The summed E-state index contributed by atoms with van der Waals surface area (Å²) in [5.74, 6) is 0. The van der Waals surface area contributed by atoms with Crippen LogP contribution in [0.15, 0.2) is 6.07 Å². The topological polar surface area (TPSA) is 67.2 Å². The van der Waals surface area contributed by atoms with E-state index in [9.17, 15) is 5.26 Å². The largest absolute Gasteiger partial charge is 0.384 e. The molecule has 1 aromatic heterocycles. The van der Waals surface area contributed by atoms with Gasteiger partial charge in [-0.2, -0.15) is 5.26 Å². The third kappa shape index (κ3) is 4.69. The number of ether oxygens (including phenoxy) is 2. The van der Waals surface area contributed by atoms with Gasteiger partial charge in [-0.05, 0) is 39.2 Å². The normalized spacial score (nSPS) is 17.7. The Morgan fingerprint density at radius 2 is 2.38 bits per heavy atom. The molecule has 1 atom stereocenters. The van der Waals surface area contributed by atoms with Gasteiger partial charge in [-0.15, -0.1) is 0 Å². The van der Waals surface area contributed by atoms with Crippen molar-refractivity contribution in [1.82, 2.24) is 4.98 Å². The summed E-state index contributed by atoms with van der Waals surface area (Å²) < 4.78 is 11.1. The molecule has 1 aliphatic rings. The Morgan fingerprint density at radius 3 is 3.10 bits per heavy atom. The van der Waals surface area contributed by atoms with Gasteiger partial charge in [-0.1, -0.05) is 0 Å². The van der Waals surface area contributed by atoms with Gasteiger partial charge in [0, 0.05) is 25.5 Å². The van der Waals surface area contributed by atoms with Crippen LogP contribution in [0, 0.1) is 25.2 Å². The standard InChI is InChI=1S/C16H23N3O2/c1-12-9-16(15(10-17)13(2)19-12)18-6-4-7-20-11-14-5-3-8-21-14/h9,14H,3-8,11H2,1-2H3,(H,18,19). The monoisotopic (exact) mass is 289 g/mol. The summed E-state index contributed by atoms with van der Waals surface area (Å²) in [5.41, 5.74) is 3.18. The van der Waals surface area contributed by atoms with E-state index in [1.807, 2.05) is 19.9 Å². The van der Waals surface area contributed by atoms with Gasteiger partial charge in [-0.3, -0.25) is 4.98 Å². The lowest BCUT2D eigenvalue weighted by Crippen LogP contribution is -2.16. The first-order valence-corrected chi connectivity index (χ1v) is 7.52. The predicted molar refractivity (Wildman–Crippen MR) is 81.3 cm³/mol. The van der Waals surface area contributed by atoms with Crippen LogP contribution in [-0.4, -0.2) is 37.5 Å². The molecule has 0 spiro atoms. The molecule has 1 N–H and O–H groups in total. The predicted octanol–water partition coefficient (Wildman–Crippen LogP) is 2.57. The molecular weight excluding hydrogens is 266 g/mol. The molecule has 0 aliphatic carbocycles. The second-order valence-corrected chi connectivity index (χ2v) is 5.37. The van der Waals surface area contributed by atoms with Gasteiger partial charge in [0.25, 0.3) is 0 Å². The number of pyridine rings is 1. The highest BCUT2D eigenvalue weighted by Crippen LogP contribution is 2.18. The van der Waals surface area contributed by atoms with Crippen LogP contribution in [0.3, 0.4) is 0 Å². The summed E-state index contributed by atoms with van der Waals surface area (Å²) in [6.45, 7) is 6.84. The molecule has 2 rings (SSSR count). The fraction of sp³-hybridized carbons (Fsp3) is 0.625. The fourth-order valence-electron chi connectivity index (χ4n) is 2.50. The quantitative estimate of drug-likeness (QED) is 0.781. The molecule has 0 aromatic carbocycles. The van der Waals surface area contributed by atoms with E-state index in [4.69, 9.17) is 9.47 Å². The first-order valence-electron chi connectivity index (χ1n) is 7.52. The second kappa shape index (κ2) is 7.96. The van der Waals surface area contributed by atoms with E-state index in [1.54, 1.807) is 0 Å². The number of nitriles is 1. The highest BCUT2D eigenvalue weighted by Gasteiger charge is 2.14. The van der Waals surface area contributed by atoms with E-state index in [0.29, 0.717) is 18.8 Å². The first-order chi connectivity index (χ1) is 10.2. The van der Waals surface area contributed by atoms with Crippen molar-refractivity contribution < 1.29 is 9.47 Å². The summed E-state index contributed by atoms with van der Waals surface area (Å²) in [7, 11) is 0. The number of nitrogens with zero attached hydrogens (tertiary/aromatic N) is 2. The average molecular weight is 289 g/mol. The van der Waals surface area contributed by atoms with Crippen LogP contribution in [0.1, 0.15) is 36.2 Å². The van der Waals surface area contributed by atoms with Crippen molar-refractivity contribution in [2.24, 2.45) is 0 Å². The van der Waals surface area contributed by atoms with Gasteiger partial charge >= 0.3 is 0 Å². The molecular formula is C16H23N3O2. The highest BCUT2D eigenvalue weighted by molar-refractivity contribution is 5.59. The Balaban J connectivity index is 1.70. The van der Waals surface area contributed by atoms with Gasteiger partial charge in [-0.25, -0.2) is 0 Å². The molecule has 21 heavy (non-hydrogen) atoms. The molecule has 0 saturated carbocycles. The zero-order valence-electron chi connectivity index (χ0n) is 12.8. The number of aryl methyl sites for hydroxylation is 2. The summed E-state index contributed by atoms with van der Waals surface area (Å²) >= 11 is 0. The fourth-order valence-corrected chi connectivity index (χ4v) is 2.50. The molecule has 1 aromatic rings. The minimum Gasteiger partial charge on any atom is -0.384 e. The third-order valence-corrected chi connectivity index (χ3v) is 3.55. The van der Waals surface area contributed by atoms with Crippen LogP contribution >= 0.6 is 0 Å². The van der Waals surface area contributed by atoms with Crippen molar-refractivity contribution in [2.75, 3.05) is 31.7 Å². The van der Waals surface area contributed by atoms with E-state index in [2.05, 4.69) is 16.4 Å². The minimum atomic E-state index is 0.286. The number of nitrogens with one attached hydrogen (secondary N) is 1. The van der Waals surface area contributed by atoms with Gasteiger partial charge in [0.05, 0.1) is 29.7 Å². The lowest BCUT2D eigenvalue weighted by Gasteiger charge is -2.12. The first kappa shape index (κ1) is 15.7. The van der Waals surface area contributed by atoms with Crippen LogP contribution < -0.4 is 5.32 Å². The minimum absolute atomic E-state index is 0.286. The molecule has 5 heteroatoms. The smallest absolute Gasteiger partial charge is 0.103 e. The van der Waals surface area contributed by atoms with E-state index >= 15 is 0 Å². The Morgan fingerprint density at radius 1 is 1.52 bits per heavy atom. The Hall–Kier alpha value is -1.64. The van der Waals surface area contributed by atoms with Crippen LogP contribution in [0.4, 0.5) is 5.69 Å². The lowest BCUT2D eigenvalue weighted by atomic mass is 10.1. The van der Waals surface area contributed by atoms with Gasteiger partial charge in [0.15, 0.2) is 0 Å². The average Bonchev–Trinajstić information content (AvgIpc) is 2.95. The van der Waals surface area contributed by atoms with E-state index in [1.165, 1.54) is 0 Å². The number of hydrogen-bond donors (Lipinski definition) is 1. The summed E-state index contributed by atoms with van der Waals surface area (Å²) in [6, 6.07) is 4.12. The van der Waals surface area contributed by atoms with Gasteiger partial charge < -0.3 is 14.8 Å². The van der Waals surface area contributed by atoms with Crippen LogP contribution in [0.2, 0.25) is 0 Å². The van der Waals surface area contributed by atoms with Crippen LogP contribution in [0.25, 0.3) is 0 Å². The third-order valence-electron chi connectivity index (χ3n) is 3.55. The van der Waals surface area contributed by atoms with Crippen molar-refractivity contribution >= 4 is 5.69 Å². The summed E-state index contributed by atoms with van der Waals surface area (Å²) in [5, 5.41) is 12.5. The number of aromatic nitrogens is 1. The van der Waals surface area contributed by atoms with E-state index < -0.39 is 0 Å². The summed E-state index contributed by atoms with van der Waals surface area (Å²) in [4.78, 5) is 4.31. The Kier molecular flexibility index (Phi) is 5.97. The second-order valence-electron chi connectivity index (χ2n) is 5.37. The Labute approximate surface area is 126 Å². The lowest BCUT2D eigenvalue weighted by molar-refractivity contribution is 0.0172. The molecule has 2 heterocycles. The molecule has 1 unspecified atom stereocenters. The van der Waals surface area contributed by atoms with E-state index in [-0.39, 0.29) is 6.10 Å². The molecule has 1 saturated heterocycles. The van der Waals surface area contributed by atoms with E-state index in [0.717, 1.165) is 49.5 Å². The summed E-state index contributed by atoms with van der Waals surface area (Å²) in [6.07, 6.45) is 3.44. The number of anilines is 1. The van der Waals surface area contributed by atoms with Crippen LogP contribution in [0.5, 0.6) is 0 Å². The zero-order valence-corrected chi connectivity index (χ0v) is 12.8. The Bertz CT molecular complexity index is 505. The molecule has 0 amide bonds. The van der Waals surface area contributed by atoms with Gasteiger partial charge in [0.2, 0.25) is 0 Å². The molecule has 1 aliphatic heterocycles. The molecule has 5 nitrogen and oxygen atoms in total. The van der Waals surface area contributed by atoms with Crippen molar-refractivity contribution in [3.63, 3.8) is 0 Å². The van der Waals surface area contributed by atoms with Crippen LogP contribution in [-0.2, 0) is 9.47 Å². The molecule has 114 valence electrons. The molecule has 0 radical (unpaired) electrons. The van der Waals surface area contributed by atoms with Gasteiger partial charge in [0.1, 0.15) is 6.07 Å². The molecule has 1 fully saturated rings. The maximum absolute atomic E-state index is 9.18. The van der Waals surface area contributed by atoms with Crippen molar-refractivity contribution in [3.8, 4) is 6.07 Å². The number of rotatable bonds is 7. The number of hydrogen-bond acceptors (Lipinski definition) is 5.